The van der Waals surface area contributed by atoms with Gasteiger partial charge in [-0.05, 0) is 18.6 Å². The number of aromatic amines is 1. The van der Waals surface area contributed by atoms with Gasteiger partial charge >= 0.3 is 0 Å². The van der Waals surface area contributed by atoms with Gasteiger partial charge in [-0.3, -0.25) is 0 Å². The van der Waals surface area contributed by atoms with Gasteiger partial charge < -0.3 is 15.0 Å². The highest BCUT2D eigenvalue weighted by Crippen LogP contribution is 2.16. The van der Waals surface area contributed by atoms with Crippen molar-refractivity contribution in [3.05, 3.63) is 24.0 Å². The molecule has 1 aliphatic rings. The van der Waals surface area contributed by atoms with Gasteiger partial charge in [-0.25, -0.2) is 0 Å². The number of hydrogen-bond donors (Lipinski definition) is 2. The number of morpholine rings is 1. The first kappa shape index (κ1) is 7.83. The molecule has 0 aliphatic carbocycles. The van der Waals surface area contributed by atoms with Crippen LogP contribution >= 0.6 is 0 Å². The molecule has 0 aromatic carbocycles. The second-order valence-electron chi connectivity index (χ2n) is 3.25. The van der Waals surface area contributed by atoms with Gasteiger partial charge in [0.05, 0.1) is 18.8 Å². The minimum absolute atomic E-state index is 0.347. The minimum atomic E-state index is 0.347. The second-order valence-corrected chi connectivity index (χ2v) is 3.25. The molecule has 1 saturated heterocycles. The first-order chi connectivity index (χ1) is 5.86. The van der Waals surface area contributed by atoms with Gasteiger partial charge in [0.2, 0.25) is 0 Å². The Morgan fingerprint density at radius 3 is 3.08 bits per heavy atom. The Morgan fingerprint density at radius 1 is 1.58 bits per heavy atom. The average molecular weight is 166 g/mol. The number of ether oxygens (including phenoxy) is 1. The highest BCUT2D eigenvalue weighted by atomic mass is 16.5. The van der Waals surface area contributed by atoms with Crippen LogP contribution in [0.25, 0.3) is 0 Å². The largest absolute Gasteiger partial charge is 0.375 e. The smallest absolute Gasteiger partial charge is 0.0672 e. The van der Waals surface area contributed by atoms with Crippen LogP contribution in [0.3, 0.4) is 0 Å². The predicted molar refractivity (Wildman–Crippen MR) is 47.0 cm³/mol. The molecule has 2 rings (SSSR count). The molecule has 0 amide bonds. The summed E-state index contributed by atoms with van der Waals surface area (Å²) in [5.74, 6) is 0. The lowest BCUT2D eigenvalue weighted by Crippen LogP contribution is -2.39. The van der Waals surface area contributed by atoms with Crippen LogP contribution < -0.4 is 5.32 Å². The van der Waals surface area contributed by atoms with Crippen molar-refractivity contribution in [2.75, 3.05) is 13.2 Å². The zero-order chi connectivity index (χ0) is 8.39. The summed E-state index contributed by atoms with van der Waals surface area (Å²) in [6.45, 7) is 3.80. The average Bonchev–Trinajstić information content (AvgIpc) is 2.58. The molecule has 1 aromatic rings. The van der Waals surface area contributed by atoms with Crippen LogP contribution in [0.4, 0.5) is 0 Å². The molecule has 3 nitrogen and oxygen atoms in total. The van der Waals surface area contributed by atoms with E-state index < -0.39 is 0 Å². The van der Waals surface area contributed by atoms with Gasteiger partial charge in [-0.1, -0.05) is 0 Å². The van der Waals surface area contributed by atoms with Crippen LogP contribution in [0.15, 0.2) is 18.5 Å². The predicted octanol–water partition coefficient (Wildman–Crippen LogP) is 1.06. The fourth-order valence-corrected chi connectivity index (χ4v) is 1.45. The summed E-state index contributed by atoms with van der Waals surface area (Å²) in [5, 5.41) is 3.43. The third-order valence-corrected chi connectivity index (χ3v) is 2.22. The van der Waals surface area contributed by atoms with Gasteiger partial charge in [0.1, 0.15) is 0 Å². The molecule has 1 aliphatic heterocycles. The van der Waals surface area contributed by atoms with Gasteiger partial charge in [-0.2, -0.15) is 0 Å². The molecule has 66 valence electrons. The third-order valence-electron chi connectivity index (χ3n) is 2.22. The molecular formula is C9H14N2O. The Labute approximate surface area is 72.1 Å². The molecule has 3 heteroatoms. The van der Waals surface area contributed by atoms with Gasteiger partial charge in [0.15, 0.2) is 0 Å². The summed E-state index contributed by atoms with van der Waals surface area (Å²) < 4.78 is 5.54. The number of aromatic nitrogens is 1. The fraction of sp³-hybridized carbons (Fsp3) is 0.556. The van der Waals surface area contributed by atoms with Crippen LogP contribution in [-0.4, -0.2) is 24.2 Å². The van der Waals surface area contributed by atoms with Crippen LogP contribution in [0.5, 0.6) is 0 Å². The van der Waals surface area contributed by atoms with Crippen molar-refractivity contribution in [3.8, 4) is 0 Å². The van der Waals surface area contributed by atoms with Crippen molar-refractivity contribution < 1.29 is 4.74 Å². The van der Waals surface area contributed by atoms with Crippen LogP contribution in [0.1, 0.15) is 18.5 Å². The Kier molecular flexibility index (Phi) is 2.15. The van der Waals surface area contributed by atoms with E-state index in [1.165, 1.54) is 5.56 Å². The van der Waals surface area contributed by atoms with E-state index in [4.69, 9.17) is 4.74 Å². The molecule has 12 heavy (non-hydrogen) atoms. The van der Waals surface area contributed by atoms with E-state index in [0.717, 1.165) is 13.2 Å². The maximum absolute atomic E-state index is 5.54. The van der Waals surface area contributed by atoms with E-state index in [2.05, 4.69) is 23.3 Å². The normalized spacial score (nSPS) is 30.4. The zero-order valence-electron chi connectivity index (χ0n) is 7.21. The molecule has 1 fully saturated rings. The van der Waals surface area contributed by atoms with E-state index in [-0.39, 0.29) is 0 Å². The SMILES string of the molecule is CC1CNC(c2cc[nH]c2)CO1. The Balaban J connectivity index is 1.99. The summed E-state index contributed by atoms with van der Waals surface area (Å²) in [5.41, 5.74) is 1.28. The third kappa shape index (κ3) is 1.52. The van der Waals surface area contributed by atoms with Crippen molar-refractivity contribution in [2.45, 2.75) is 19.1 Å². The molecule has 2 N–H and O–H groups in total. The first-order valence-electron chi connectivity index (χ1n) is 4.34. The van der Waals surface area contributed by atoms with E-state index in [1.54, 1.807) is 0 Å². The fourth-order valence-electron chi connectivity index (χ4n) is 1.45. The summed E-state index contributed by atoms with van der Waals surface area (Å²) in [4.78, 5) is 3.04. The highest BCUT2D eigenvalue weighted by Gasteiger charge is 2.18. The Morgan fingerprint density at radius 2 is 2.50 bits per heavy atom. The van der Waals surface area contributed by atoms with E-state index >= 15 is 0 Å². The molecule has 0 radical (unpaired) electrons. The number of rotatable bonds is 1. The lowest BCUT2D eigenvalue weighted by atomic mass is 10.1. The minimum Gasteiger partial charge on any atom is -0.375 e. The van der Waals surface area contributed by atoms with Crippen molar-refractivity contribution in [1.29, 1.82) is 0 Å². The standard InChI is InChI=1S/C9H14N2O/c1-7-4-11-9(6-12-7)8-2-3-10-5-8/h2-3,5,7,9-11H,4,6H2,1H3. The summed E-state index contributed by atoms with van der Waals surface area (Å²) in [6.07, 6.45) is 4.30. The van der Waals surface area contributed by atoms with E-state index in [0.29, 0.717) is 12.1 Å². The Bertz CT molecular complexity index is 225. The number of hydrogen-bond acceptors (Lipinski definition) is 2. The quantitative estimate of drug-likeness (QED) is 0.654. The van der Waals surface area contributed by atoms with Crippen molar-refractivity contribution >= 4 is 0 Å². The molecule has 2 unspecified atom stereocenters. The molecular weight excluding hydrogens is 152 g/mol. The van der Waals surface area contributed by atoms with Crippen LogP contribution in [0, 0.1) is 0 Å². The highest BCUT2D eigenvalue weighted by molar-refractivity contribution is 5.14. The van der Waals surface area contributed by atoms with Crippen LogP contribution in [-0.2, 0) is 4.74 Å². The molecule has 0 spiro atoms. The summed E-state index contributed by atoms with van der Waals surface area (Å²) in [6, 6.07) is 2.45. The lowest BCUT2D eigenvalue weighted by Gasteiger charge is -2.27. The molecule has 1 aromatic heterocycles. The van der Waals surface area contributed by atoms with E-state index in [1.807, 2.05) is 12.4 Å². The molecule has 0 saturated carbocycles. The van der Waals surface area contributed by atoms with E-state index in [9.17, 15) is 0 Å². The zero-order valence-corrected chi connectivity index (χ0v) is 7.21. The van der Waals surface area contributed by atoms with Crippen molar-refractivity contribution in [2.24, 2.45) is 0 Å². The summed E-state index contributed by atoms with van der Waals surface area (Å²) >= 11 is 0. The molecule has 2 heterocycles. The topological polar surface area (TPSA) is 37.0 Å². The lowest BCUT2D eigenvalue weighted by molar-refractivity contribution is 0.0149. The first-order valence-corrected chi connectivity index (χ1v) is 4.34. The maximum Gasteiger partial charge on any atom is 0.0672 e. The number of H-pyrrole nitrogens is 1. The molecule has 2 atom stereocenters. The van der Waals surface area contributed by atoms with Crippen molar-refractivity contribution in [3.63, 3.8) is 0 Å². The number of nitrogens with one attached hydrogen (secondary N) is 2. The van der Waals surface area contributed by atoms with Gasteiger partial charge in [0, 0.05) is 18.9 Å². The van der Waals surface area contributed by atoms with Crippen molar-refractivity contribution in [1.82, 2.24) is 10.3 Å². The Hall–Kier alpha value is -0.800. The monoisotopic (exact) mass is 166 g/mol. The summed E-state index contributed by atoms with van der Waals surface area (Å²) in [7, 11) is 0. The molecule has 0 bridgehead atoms. The van der Waals surface area contributed by atoms with Gasteiger partial charge in [0.25, 0.3) is 0 Å². The van der Waals surface area contributed by atoms with Gasteiger partial charge in [-0.15, -0.1) is 0 Å². The maximum atomic E-state index is 5.54. The second kappa shape index (κ2) is 3.29. The van der Waals surface area contributed by atoms with Crippen LogP contribution in [0.2, 0.25) is 0 Å².